The minimum Gasteiger partial charge on any atom is -0.323 e. The van der Waals surface area contributed by atoms with Crippen LogP contribution in [0.1, 0.15) is 11.3 Å². The van der Waals surface area contributed by atoms with Crippen LogP contribution in [-0.4, -0.2) is 29.2 Å². The molecule has 1 amide bonds. The van der Waals surface area contributed by atoms with Crippen molar-refractivity contribution in [2.24, 2.45) is 0 Å². The molecule has 3 aromatic rings. The number of benzene rings is 2. The fraction of sp³-hybridized carbons (Fsp3) is 0.0500. The molecule has 0 spiro atoms. The largest absolute Gasteiger partial charge is 0.323 e. The Bertz CT molecular complexity index is 1260. The van der Waals surface area contributed by atoms with E-state index < -0.39 is 20.9 Å². The molecule has 1 heterocycles. The van der Waals surface area contributed by atoms with Crippen LogP contribution in [0.25, 0.3) is 6.08 Å². The predicted molar refractivity (Wildman–Crippen MR) is 115 cm³/mol. The van der Waals surface area contributed by atoms with Gasteiger partial charge >= 0.3 is 0 Å². The first kappa shape index (κ1) is 21.6. The molecule has 0 saturated heterocycles. The van der Waals surface area contributed by atoms with Gasteiger partial charge in [0.05, 0.1) is 15.4 Å². The number of nitro groups is 1. The second-order valence-electron chi connectivity index (χ2n) is 6.29. The minimum atomic E-state index is -3.90. The Labute approximate surface area is 177 Å². The molecule has 0 atom stereocenters. The number of amides is 1. The number of hydrogen-bond acceptors (Lipinski definition) is 7. The highest BCUT2D eigenvalue weighted by molar-refractivity contribution is 7.92. The third kappa shape index (κ3) is 5.70. The summed E-state index contributed by atoms with van der Waals surface area (Å²) in [6.07, 6.45) is 3.93. The summed E-state index contributed by atoms with van der Waals surface area (Å²) < 4.78 is 27.2. The van der Waals surface area contributed by atoms with Gasteiger partial charge in [-0.05, 0) is 49.4 Å². The van der Waals surface area contributed by atoms with E-state index in [9.17, 15) is 23.3 Å². The number of aryl methyl sites for hydroxylation is 1. The second-order valence-corrected chi connectivity index (χ2v) is 7.97. The molecule has 2 N–H and O–H groups in total. The topological polar surface area (TPSA) is 144 Å². The van der Waals surface area contributed by atoms with E-state index in [1.54, 1.807) is 19.1 Å². The standard InChI is InChI=1S/C20H17N5O5S/c1-14-12-13-21-20(22-14)24-31(29,30)17-9-7-16(8-10-17)23-19(26)11-6-15-4-2-3-5-18(15)25(27)28/h2-13H,1H3,(H,23,26)(H,21,22,24). The van der Waals surface area contributed by atoms with Crippen LogP contribution in [0.2, 0.25) is 0 Å². The SMILES string of the molecule is Cc1ccnc(NS(=O)(=O)c2ccc(NC(=O)C=Cc3ccccc3[N+](=O)[O-])cc2)n1. The van der Waals surface area contributed by atoms with Gasteiger partial charge in [-0.15, -0.1) is 0 Å². The van der Waals surface area contributed by atoms with Crippen molar-refractivity contribution in [3.05, 3.63) is 88.2 Å². The number of carbonyl (C=O) groups excluding carboxylic acids is 1. The van der Waals surface area contributed by atoms with Gasteiger partial charge < -0.3 is 5.32 Å². The zero-order valence-electron chi connectivity index (χ0n) is 16.2. The Morgan fingerprint density at radius 1 is 1.10 bits per heavy atom. The summed E-state index contributed by atoms with van der Waals surface area (Å²) in [6.45, 7) is 1.71. The van der Waals surface area contributed by atoms with Gasteiger partial charge in [0.25, 0.3) is 15.7 Å². The molecule has 11 heteroatoms. The zero-order chi connectivity index (χ0) is 22.4. The molecule has 31 heavy (non-hydrogen) atoms. The third-order valence-corrected chi connectivity index (χ3v) is 5.34. The van der Waals surface area contributed by atoms with Gasteiger partial charge in [-0.2, -0.15) is 0 Å². The Kier molecular flexibility index (Phi) is 6.36. The van der Waals surface area contributed by atoms with Crippen molar-refractivity contribution < 1.29 is 18.1 Å². The summed E-state index contributed by atoms with van der Waals surface area (Å²) in [6, 6.07) is 13.1. The van der Waals surface area contributed by atoms with Gasteiger partial charge in [-0.3, -0.25) is 14.9 Å². The number of hydrogen-bond donors (Lipinski definition) is 2. The number of nitrogens with one attached hydrogen (secondary N) is 2. The van der Waals surface area contributed by atoms with Crippen LogP contribution in [0.3, 0.4) is 0 Å². The summed E-state index contributed by atoms with van der Waals surface area (Å²) in [5, 5.41) is 13.6. The van der Waals surface area contributed by atoms with Crippen LogP contribution in [0, 0.1) is 17.0 Å². The number of para-hydroxylation sites is 1. The summed E-state index contributed by atoms with van der Waals surface area (Å²) in [5.74, 6) is -0.572. The van der Waals surface area contributed by atoms with Crippen molar-refractivity contribution in [2.75, 3.05) is 10.0 Å². The van der Waals surface area contributed by atoms with Crippen molar-refractivity contribution >= 4 is 39.3 Å². The Hall–Kier alpha value is -4.12. The van der Waals surface area contributed by atoms with Gasteiger partial charge in [-0.25, -0.2) is 23.1 Å². The Balaban J connectivity index is 1.68. The van der Waals surface area contributed by atoms with E-state index >= 15 is 0 Å². The Morgan fingerprint density at radius 2 is 1.81 bits per heavy atom. The van der Waals surface area contributed by atoms with Crippen molar-refractivity contribution in [1.29, 1.82) is 0 Å². The highest BCUT2D eigenvalue weighted by atomic mass is 32.2. The molecule has 0 fully saturated rings. The Morgan fingerprint density at radius 3 is 2.48 bits per heavy atom. The molecule has 0 aliphatic heterocycles. The lowest BCUT2D eigenvalue weighted by atomic mass is 10.1. The highest BCUT2D eigenvalue weighted by Crippen LogP contribution is 2.20. The molecule has 0 radical (unpaired) electrons. The molecule has 0 aliphatic carbocycles. The molecular weight excluding hydrogens is 422 g/mol. The first-order valence-electron chi connectivity index (χ1n) is 8.89. The fourth-order valence-corrected chi connectivity index (χ4v) is 3.49. The maximum absolute atomic E-state index is 12.4. The van der Waals surface area contributed by atoms with Crippen LogP contribution in [0.15, 0.2) is 71.8 Å². The number of sulfonamides is 1. The summed E-state index contributed by atoms with van der Waals surface area (Å²) in [5.41, 5.74) is 1.13. The van der Waals surface area contributed by atoms with Crippen molar-refractivity contribution in [3.8, 4) is 0 Å². The molecule has 0 aliphatic rings. The number of carbonyl (C=O) groups is 1. The van der Waals surface area contributed by atoms with Gasteiger partial charge in [0.2, 0.25) is 11.9 Å². The van der Waals surface area contributed by atoms with E-state index in [0.717, 1.165) is 6.08 Å². The monoisotopic (exact) mass is 439 g/mol. The minimum absolute atomic E-state index is 0.0361. The van der Waals surface area contributed by atoms with Gasteiger partial charge in [0, 0.05) is 29.7 Å². The summed E-state index contributed by atoms with van der Waals surface area (Å²) in [7, 11) is -3.90. The lowest BCUT2D eigenvalue weighted by molar-refractivity contribution is -0.385. The van der Waals surface area contributed by atoms with E-state index in [-0.39, 0.29) is 22.1 Å². The quantitative estimate of drug-likeness (QED) is 0.327. The summed E-state index contributed by atoms with van der Waals surface area (Å²) >= 11 is 0. The zero-order valence-corrected chi connectivity index (χ0v) is 17.0. The molecule has 158 valence electrons. The summed E-state index contributed by atoms with van der Waals surface area (Å²) in [4.78, 5) is 30.4. The number of nitro benzene ring substituents is 1. The van der Waals surface area contributed by atoms with Crippen LogP contribution < -0.4 is 10.0 Å². The van der Waals surface area contributed by atoms with Gasteiger partial charge in [-0.1, -0.05) is 12.1 Å². The molecular formula is C20H17N5O5S. The van der Waals surface area contributed by atoms with E-state index in [1.165, 1.54) is 54.7 Å². The molecule has 0 unspecified atom stereocenters. The lowest BCUT2D eigenvalue weighted by Gasteiger charge is -2.08. The molecule has 0 bridgehead atoms. The lowest BCUT2D eigenvalue weighted by Crippen LogP contribution is -2.15. The molecule has 2 aromatic carbocycles. The average Bonchev–Trinajstić information content (AvgIpc) is 2.72. The second kappa shape index (κ2) is 9.13. The van der Waals surface area contributed by atoms with Crippen molar-refractivity contribution in [2.45, 2.75) is 11.8 Å². The molecule has 10 nitrogen and oxygen atoms in total. The number of nitrogens with zero attached hydrogens (tertiary/aromatic N) is 3. The smallest absolute Gasteiger partial charge is 0.276 e. The van der Waals surface area contributed by atoms with Crippen molar-refractivity contribution in [1.82, 2.24) is 9.97 Å². The van der Waals surface area contributed by atoms with Gasteiger partial charge in [0.15, 0.2) is 0 Å². The normalized spacial score (nSPS) is 11.3. The maximum Gasteiger partial charge on any atom is 0.276 e. The van der Waals surface area contributed by atoms with Crippen LogP contribution in [0.4, 0.5) is 17.3 Å². The molecule has 3 rings (SSSR count). The fourth-order valence-electron chi connectivity index (χ4n) is 2.54. The number of aromatic nitrogens is 2. The predicted octanol–water partition coefficient (Wildman–Crippen LogP) is 3.15. The number of anilines is 2. The average molecular weight is 439 g/mol. The maximum atomic E-state index is 12.4. The van der Waals surface area contributed by atoms with Crippen molar-refractivity contribution in [3.63, 3.8) is 0 Å². The van der Waals surface area contributed by atoms with E-state index in [4.69, 9.17) is 0 Å². The van der Waals surface area contributed by atoms with Crippen LogP contribution in [0.5, 0.6) is 0 Å². The van der Waals surface area contributed by atoms with E-state index in [0.29, 0.717) is 11.4 Å². The van der Waals surface area contributed by atoms with Crippen LogP contribution in [-0.2, 0) is 14.8 Å². The first-order chi connectivity index (χ1) is 14.7. The van der Waals surface area contributed by atoms with E-state index in [1.807, 2.05) is 0 Å². The number of rotatable bonds is 7. The van der Waals surface area contributed by atoms with Crippen LogP contribution >= 0.6 is 0 Å². The van der Waals surface area contributed by atoms with E-state index in [2.05, 4.69) is 20.0 Å². The first-order valence-corrected chi connectivity index (χ1v) is 10.4. The highest BCUT2D eigenvalue weighted by Gasteiger charge is 2.16. The van der Waals surface area contributed by atoms with Gasteiger partial charge in [0.1, 0.15) is 0 Å². The molecule has 1 aromatic heterocycles. The molecule has 0 saturated carbocycles. The third-order valence-electron chi connectivity index (χ3n) is 4.00.